The molecule has 0 bridgehead atoms. The fourth-order valence-corrected chi connectivity index (χ4v) is 7.12. The number of nitro groups is 1. The number of carbonyl (C=O) groups excluding carboxylic acids is 2. The molecule has 2 saturated heterocycles. The molecule has 2 fully saturated rings. The van der Waals surface area contributed by atoms with Crippen LogP contribution >= 0.6 is 0 Å². The summed E-state index contributed by atoms with van der Waals surface area (Å²) in [6.45, 7) is 1.11. The molecular weight excluding hydrogens is 626 g/mol. The zero-order chi connectivity index (χ0) is 34.0. The van der Waals surface area contributed by atoms with E-state index in [1.807, 2.05) is 91.0 Å². The molecule has 11 nitrogen and oxygen atoms in total. The number of anilines is 1. The van der Waals surface area contributed by atoms with Crippen molar-refractivity contribution in [2.45, 2.75) is 56.2 Å². The second-order valence-electron chi connectivity index (χ2n) is 12.7. The molecule has 0 aliphatic carbocycles. The Morgan fingerprint density at radius 3 is 2.04 bits per heavy atom. The highest BCUT2D eigenvalue weighted by molar-refractivity contribution is 6.11. The summed E-state index contributed by atoms with van der Waals surface area (Å²) in [7, 11) is 1.58. The van der Waals surface area contributed by atoms with E-state index in [0.717, 1.165) is 16.7 Å². The quantitative estimate of drug-likeness (QED) is 0.156. The summed E-state index contributed by atoms with van der Waals surface area (Å²) >= 11 is 0. The van der Waals surface area contributed by atoms with Crippen molar-refractivity contribution in [1.29, 1.82) is 0 Å². The third-order valence-corrected chi connectivity index (χ3v) is 9.53. The number of nitrogens with zero attached hydrogens (tertiary/aromatic N) is 3. The molecule has 1 spiro atoms. The van der Waals surface area contributed by atoms with Crippen molar-refractivity contribution in [2.24, 2.45) is 0 Å². The number of benzene rings is 4. The number of hydrogen-bond acceptors (Lipinski definition) is 8. The van der Waals surface area contributed by atoms with E-state index in [1.54, 1.807) is 7.05 Å². The van der Waals surface area contributed by atoms with Crippen LogP contribution in [-0.2, 0) is 43.6 Å². The summed E-state index contributed by atoms with van der Waals surface area (Å²) in [5.41, 5.74) is 1.98. The minimum absolute atomic E-state index is 0.0258. The van der Waals surface area contributed by atoms with Gasteiger partial charge in [-0.1, -0.05) is 91.0 Å². The average Bonchev–Trinajstić information content (AvgIpc) is 3.64. The highest BCUT2D eigenvalue weighted by Gasteiger charge is 2.64. The Labute approximate surface area is 284 Å². The predicted molar refractivity (Wildman–Crippen MR) is 180 cm³/mol. The molecule has 7 rings (SSSR count). The maximum atomic E-state index is 14.2. The van der Waals surface area contributed by atoms with Gasteiger partial charge in [-0.25, -0.2) is 0 Å². The molecule has 49 heavy (non-hydrogen) atoms. The number of carbonyl (C=O) groups is 2. The first-order valence-electron chi connectivity index (χ1n) is 16.3. The van der Waals surface area contributed by atoms with Gasteiger partial charge in [-0.3, -0.25) is 19.7 Å². The first-order valence-corrected chi connectivity index (χ1v) is 16.3. The van der Waals surface area contributed by atoms with Gasteiger partial charge in [-0.2, -0.15) is 0 Å². The van der Waals surface area contributed by atoms with Crippen molar-refractivity contribution in [3.05, 3.63) is 142 Å². The summed E-state index contributed by atoms with van der Waals surface area (Å²) in [6.07, 6.45) is -1.74. The molecule has 0 aromatic heterocycles. The number of rotatable bonds is 11. The molecule has 4 aromatic rings. The van der Waals surface area contributed by atoms with Gasteiger partial charge in [0.2, 0.25) is 5.91 Å². The Balaban J connectivity index is 1.23. The highest BCUT2D eigenvalue weighted by Crippen LogP contribution is 2.47. The van der Waals surface area contributed by atoms with E-state index in [-0.39, 0.29) is 49.9 Å². The molecule has 2 amide bonds. The molecule has 5 atom stereocenters. The van der Waals surface area contributed by atoms with Crippen molar-refractivity contribution in [3.8, 4) is 0 Å². The fraction of sp³-hybridized carbons (Fsp3) is 0.316. The standard InChI is InChI=1S/C38H37N3O8/c1-39-31-18-17-29(41(44)45)19-30(31)36(42)40-25-38(20-32(40)37(39)43)35(48-23-28-15-9-4-10-16-28)34(47-22-27-13-7-3-8-14-27)33(49-38)24-46-21-26-11-5-2-6-12-26/h2-19,32-35H,20-25H2,1H3/t32-,33-,34-,35+,38+/m0/s1. The maximum Gasteiger partial charge on any atom is 0.270 e. The van der Waals surface area contributed by atoms with E-state index in [4.69, 9.17) is 18.9 Å². The lowest BCUT2D eigenvalue weighted by Crippen LogP contribution is -2.48. The SMILES string of the molecule is CN1C(=O)[C@@H]2C[C@]3(CN2C(=O)c2cc([N+](=O)[O-])ccc21)O[C@@H](COCc1ccccc1)[C@H](OCc1ccccc1)[C@H]3OCc1ccccc1. The Morgan fingerprint density at radius 2 is 1.43 bits per heavy atom. The van der Waals surface area contributed by atoms with Gasteiger partial charge in [0.1, 0.15) is 30.0 Å². The summed E-state index contributed by atoms with van der Waals surface area (Å²) in [4.78, 5) is 42.2. The normalized spacial score (nSPS) is 24.6. The Morgan fingerprint density at radius 1 is 0.837 bits per heavy atom. The van der Waals surface area contributed by atoms with Crippen molar-refractivity contribution < 1.29 is 33.5 Å². The summed E-state index contributed by atoms with van der Waals surface area (Å²) in [5.74, 6) is -0.789. The van der Waals surface area contributed by atoms with E-state index >= 15 is 0 Å². The van der Waals surface area contributed by atoms with Crippen LogP contribution in [0.15, 0.2) is 109 Å². The van der Waals surface area contributed by atoms with Crippen LogP contribution in [0.4, 0.5) is 11.4 Å². The zero-order valence-electron chi connectivity index (χ0n) is 27.1. The van der Waals surface area contributed by atoms with E-state index < -0.39 is 40.8 Å². The number of likely N-dealkylation sites (N-methyl/N-ethyl adjacent to an activating group) is 1. The molecule has 3 heterocycles. The van der Waals surface area contributed by atoms with Crippen LogP contribution in [0.1, 0.15) is 33.5 Å². The van der Waals surface area contributed by atoms with Crippen LogP contribution < -0.4 is 4.90 Å². The maximum absolute atomic E-state index is 14.2. The first-order chi connectivity index (χ1) is 23.8. The number of fused-ring (bicyclic) bond motifs is 2. The molecule has 0 N–H and O–H groups in total. The minimum atomic E-state index is -1.13. The number of ether oxygens (including phenoxy) is 4. The van der Waals surface area contributed by atoms with Gasteiger partial charge in [-0.15, -0.1) is 0 Å². The van der Waals surface area contributed by atoms with Crippen LogP contribution in [0.2, 0.25) is 0 Å². The van der Waals surface area contributed by atoms with Crippen molar-refractivity contribution in [1.82, 2.24) is 4.90 Å². The van der Waals surface area contributed by atoms with Gasteiger partial charge in [0.25, 0.3) is 11.6 Å². The lowest BCUT2D eigenvalue weighted by atomic mass is 9.90. The molecule has 252 valence electrons. The second-order valence-corrected chi connectivity index (χ2v) is 12.7. The van der Waals surface area contributed by atoms with Crippen LogP contribution in [0, 0.1) is 10.1 Å². The summed E-state index contributed by atoms with van der Waals surface area (Å²) in [5, 5.41) is 11.6. The molecule has 0 radical (unpaired) electrons. The van der Waals surface area contributed by atoms with Crippen LogP contribution in [0.5, 0.6) is 0 Å². The Bertz CT molecular complexity index is 1810. The van der Waals surface area contributed by atoms with Gasteiger partial charge in [0.05, 0.1) is 49.1 Å². The fourth-order valence-electron chi connectivity index (χ4n) is 7.12. The lowest BCUT2D eigenvalue weighted by Gasteiger charge is -2.32. The average molecular weight is 664 g/mol. The van der Waals surface area contributed by atoms with Gasteiger partial charge in [0, 0.05) is 25.6 Å². The third-order valence-electron chi connectivity index (χ3n) is 9.53. The molecule has 0 saturated carbocycles. The van der Waals surface area contributed by atoms with Crippen molar-refractivity contribution in [2.75, 3.05) is 25.1 Å². The number of hydrogen-bond donors (Lipinski definition) is 0. The van der Waals surface area contributed by atoms with E-state index in [1.165, 1.54) is 28.0 Å². The third kappa shape index (κ3) is 6.58. The summed E-state index contributed by atoms with van der Waals surface area (Å²) in [6, 6.07) is 32.5. The predicted octanol–water partition coefficient (Wildman–Crippen LogP) is 5.31. The van der Waals surface area contributed by atoms with Gasteiger partial charge in [-0.05, 0) is 22.8 Å². The number of amides is 2. The first kappa shape index (κ1) is 32.6. The van der Waals surface area contributed by atoms with Crippen molar-refractivity contribution >= 4 is 23.2 Å². The minimum Gasteiger partial charge on any atom is -0.374 e. The molecule has 0 unspecified atom stereocenters. The number of non-ortho nitro benzene ring substituents is 1. The van der Waals surface area contributed by atoms with E-state index in [0.29, 0.717) is 12.3 Å². The highest BCUT2D eigenvalue weighted by atomic mass is 16.6. The molecule has 3 aliphatic heterocycles. The number of nitro benzene ring substituents is 1. The molecule has 11 heteroatoms. The monoisotopic (exact) mass is 663 g/mol. The van der Waals surface area contributed by atoms with Gasteiger partial charge >= 0.3 is 0 Å². The largest absolute Gasteiger partial charge is 0.374 e. The smallest absolute Gasteiger partial charge is 0.270 e. The topological polar surface area (TPSA) is 121 Å². The van der Waals surface area contributed by atoms with E-state index in [9.17, 15) is 19.7 Å². The zero-order valence-corrected chi connectivity index (χ0v) is 27.1. The van der Waals surface area contributed by atoms with Gasteiger partial charge < -0.3 is 28.7 Å². The Hall–Kier alpha value is -4.94. The van der Waals surface area contributed by atoms with Crippen LogP contribution in [-0.4, -0.2) is 71.8 Å². The van der Waals surface area contributed by atoms with Crippen molar-refractivity contribution in [3.63, 3.8) is 0 Å². The molecular formula is C38H37N3O8. The Kier molecular flexibility index (Phi) is 9.24. The van der Waals surface area contributed by atoms with Crippen LogP contribution in [0.25, 0.3) is 0 Å². The lowest BCUT2D eigenvalue weighted by molar-refractivity contribution is -0.384. The van der Waals surface area contributed by atoms with Gasteiger partial charge in [0.15, 0.2) is 0 Å². The van der Waals surface area contributed by atoms with E-state index in [2.05, 4.69) is 0 Å². The molecule has 4 aromatic carbocycles. The van der Waals surface area contributed by atoms with Crippen LogP contribution in [0.3, 0.4) is 0 Å². The molecule has 3 aliphatic rings. The summed E-state index contributed by atoms with van der Waals surface area (Å²) < 4.78 is 26.5. The second kappa shape index (κ2) is 13.9.